The van der Waals surface area contributed by atoms with Gasteiger partial charge in [-0.3, -0.25) is 4.79 Å². The van der Waals surface area contributed by atoms with Crippen molar-refractivity contribution in [1.82, 2.24) is 5.01 Å². The van der Waals surface area contributed by atoms with Crippen LogP contribution in [-0.4, -0.2) is 23.7 Å². The van der Waals surface area contributed by atoms with Gasteiger partial charge in [0, 0.05) is 6.42 Å². The largest absolute Gasteiger partial charge is 0.497 e. The van der Waals surface area contributed by atoms with E-state index in [4.69, 9.17) is 9.15 Å². The molecule has 0 N–H and O–H groups in total. The molecule has 5 nitrogen and oxygen atoms in total. The summed E-state index contributed by atoms with van der Waals surface area (Å²) in [6.07, 6.45) is 0.629. The van der Waals surface area contributed by atoms with Gasteiger partial charge in [0.25, 0.3) is 0 Å². The molecule has 0 unspecified atom stereocenters. The van der Waals surface area contributed by atoms with Crippen molar-refractivity contribution < 1.29 is 13.9 Å². The average Bonchev–Trinajstić information content (AvgIpc) is 3.35. The number of rotatable bonds is 4. The van der Waals surface area contributed by atoms with Crippen LogP contribution in [0.2, 0.25) is 0 Å². The summed E-state index contributed by atoms with van der Waals surface area (Å²) in [5.74, 6) is 0.750. The van der Waals surface area contributed by atoms with Crippen LogP contribution < -0.4 is 4.74 Å². The van der Waals surface area contributed by atoms with Gasteiger partial charge in [-0.1, -0.05) is 42.5 Å². The molecule has 1 aliphatic rings. The van der Waals surface area contributed by atoms with Crippen molar-refractivity contribution in [2.24, 2.45) is 5.10 Å². The SMILES string of the molecule is COc1ccc([C@H]2CC(c3ccccc3)=NN2C(=O)c2ccc(Br)o2)cc1. The van der Waals surface area contributed by atoms with Crippen LogP contribution in [0, 0.1) is 0 Å². The highest BCUT2D eigenvalue weighted by molar-refractivity contribution is 9.10. The van der Waals surface area contributed by atoms with Crippen molar-refractivity contribution in [3.8, 4) is 5.75 Å². The lowest BCUT2D eigenvalue weighted by atomic mass is 9.98. The van der Waals surface area contributed by atoms with Crippen molar-refractivity contribution in [2.45, 2.75) is 12.5 Å². The highest BCUT2D eigenvalue weighted by Gasteiger charge is 2.34. The molecule has 1 aliphatic heterocycles. The summed E-state index contributed by atoms with van der Waals surface area (Å²) in [4.78, 5) is 13.0. The predicted octanol–water partition coefficient (Wildman–Crippen LogP) is 5.04. The highest BCUT2D eigenvalue weighted by atomic mass is 79.9. The molecule has 136 valence electrons. The summed E-state index contributed by atoms with van der Waals surface area (Å²) in [5.41, 5.74) is 2.87. The van der Waals surface area contributed by atoms with Crippen molar-refractivity contribution in [1.29, 1.82) is 0 Å². The molecule has 1 aromatic heterocycles. The standard InChI is InChI=1S/C21H17BrN2O3/c1-26-16-9-7-15(8-10-16)18-13-17(14-5-3-2-4-6-14)23-24(18)21(25)19-11-12-20(22)27-19/h2-12,18H,13H2,1H3/t18-/m1/s1. The van der Waals surface area contributed by atoms with E-state index in [1.165, 1.54) is 5.01 Å². The Labute approximate surface area is 165 Å². The van der Waals surface area contributed by atoms with E-state index in [1.54, 1.807) is 19.2 Å². The Balaban J connectivity index is 1.71. The van der Waals surface area contributed by atoms with E-state index in [1.807, 2.05) is 54.6 Å². The number of hydrogen-bond acceptors (Lipinski definition) is 4. The number of hydrogen-bond donors (Lipinski definition) is 0. The van der Waals surface area contributed by atoms with Crippen LogP contribution >= 0.6 is 15.9 Å². The maximum atomic E-state index is 13.0. The summed E-state index contributed by atoms with van der Waals surface area (Å²) >= 11 is 3.25. The second kappa shape index (κ2) is 7.40. The summed E-state index contributed by atoms with van der Waals surface area (Å²) in [6.45, 7) is 0. The molecule has 0 aliphatic carbocycles. The summed E-state index contributed by atoms with van der Waals surface area (Å²) < 4.78 is 11.2. The topological polar surface area (TPSA) is 55.0 Å². The molecular weight excluding hydrogens is 408 g/mol. The number of halogens is 1. The van der Waals surface area contributed by atoms with E-state index in [0.29, 0.717) is 11.1 Å². The molecule has 0 spiro atoms. The highest BCUT2D eigenvalue weighted by Crippen LogP contribution is 2.35. The first-order chi connectivity index (χ1) is 13.2. The number of carbonyl (C=O) groups is 1. The van der Waals surface area contributed by atoms with E-state index in [9.17, 15) is 4.79 Å². The quantitative estimate of drug-likeness (QED) is 0.589. The van der Waals surface area contributed by atoms with Gasteiger partial charge in [0.2, 0.25) is 0 Å². The minimum Gasteiger partial charge on any atom is -0.497 e. The molecule has 4 rings (SSSR count). The lowest BCUT2D eigenvalue weighted by Crippen LogP contribution is -2.26. The number of amides is 1. The van der Waals surface area contributed by atoms with E-state index in [-0.39, 0.29) is 17.7 Å². The Kier molecular flexibility index (Phi) is 4.81. The zero-order valence-electron chi connectivity index (χ0n) is 14.6. The lowest BCUT2D eigenvalue weighted by molar-refractivity contribution is 0.0677. The van der Waals surface area contributed by atoms with Crippen LogP contribution in [0.1, 0.15) is 34.1 Å². The number of benzene rings is 2. The number of ether oxygens (including phenoxy) is 1. The molecule has 2 heterocycles. The van der Waals surface area contributed by atoms with Crippen LogP contribution in [0.25, 0.3) is 0 Å². The maximum absolute atomic E-state index is 13.0. The van der Waals surface area contributed by atoms with Crippen LogP contribution in [0.15, 0.2) is 80.9 Å². The minimum atomic E-state index is -0.271. The van der Waals surface area contributed by atoms with Gasteiger partial charge < -0.3 is 9.15 Å². The molecule has 27 heavy (non-hydrogen) atoms. The minimum absolute atomic E-state index is 0.206. The molecule has 2 aromatic carbocycles. The molecule has 0 radical (unpaired) electrons. The molecule has 0 bridgehead atoms. The maximum Gasteiger partial charge on any atom is 0.310 e. The van der Waals surface area contributed by atoms with Crippen LogP contribution in [0.3, 0.4) is 0 Å². The van der Waals surface area contributed by atoms with E-state index in [2.05, 4.69) is 21.0 Å². The third-order valence-electron chi connectivity index (χ3n) is 4.51. The fourth-order valence-electron chi connectivity index (χ4n) is 3.13. The smallest absolute Gasteiger partial charge is 0.310 e. The van der Waals surface area contributed by atoms with E-state index >= 15 is 0 Å². The van der Waals surface area contributed by atoms with Gasteiger partial charge in [-0.25, -0.2) is 5.01 Å². The number of carbonyl (C=O) groups excluding carboxylic acids is 1. The molecular formula is C21H17BrN2O3. The lowest BCUT2D eigenvalue weighted by Gasteiger charge is -2.21. The van der Waals surface area contributed by atoms with Gasteiger partial charge in [0.05, 0.1) is 18.9 Å². The Morgan fingerprint density at radius 3 is 2.48 bits per heavy atom. The van der Waals surface area contributed by atoms with Gasteiger partial charge in [-0.05, 0) is 51.3 Å². The van der Waals surface area contributed by atoms with Crippen molar-refractivity contribution in [2.75, 3.05) is 7.11 Å². The fourth-order valence-corrected chi connectivity index (χ4v) is 3.44. The average molecular weight is 425 g/mol. The third-order valence-corrected chi connectivity index (χ3v) is 4.94. The molecule has 3 aromatic rings. The number of hydrazone groups is 1. The number of methoxy groups -OCH3 is 1. The summed E-state index contributed by atoms with van der Waals surface area (Å²) in [6, 6.07) is 20.7. The number of nitrogens with zero attached hydrogens (tertiary/aromatic N) is 2. The zero-order valence-corrected chi connectivity index (χ0v) is 16.2. The monoisotopic (exact) mass is 424 g/mol. The second-order valence-corrected chi connectivity index (χ2v) is 6.94. The zero-order chi connectivity index (χ0) is 18.8. The normalized spacial score (nSPS) is 16.3. The van der Waals surface area contributed by atoms with Gasteiger partial charge >= 0.3 is 5.91 Å². The summed E-state index contributed by atoms with van der Waals surface area (Å²) in [5, 5.41) is 6.15. The first-order valence-corrected chi connectivity index (χ1v) is 9.31. The second-order valence-electron chi connectivity index (χ2n) is 6.16. The van der Waals surface area contributed by atoms with Crippen molar-refractivity contribution in [3.63, 3.8) is 0 Å². The first-order valence-electron chi connectivity index (χ1n) is 8.51. The van der Waals surface area contributed by atoms with Crippen LogP contribution in [0.4, 0.5) is 0 Å². The van der Waals surface area contributed by atoms with Gasteiger partial charge in [-0.2, -0.15) is 5.10 Å². The van der Waals surface area contributed by atoms with Gasteiger partial charge in [0.15, 0.2) is 10.4 Å². The van der Waals surface area contributed by atoms with E-state index < -0.39 is 0 Å². The summed E-state index contributed by atoms with van der Waals surface area (Å²) in [7, 11) is 1.63. The third kappa shape index (κ3) is 3.53. The molecule has 0 saturated carbocycles. The van der Waals surface area contributed by atoms with Gasteiger partial charge in [-0.15, -0.1) is 0 Å². The molecule has 1 atom stereocenters. The van der Waals surface area contributed by atoms with Crippen LogP contribution in [0.5, 0.6) is 5.75 Å². The fraction of sp³-hybridized carbons (Fsp3) is 0.143. The van der Waals surface area contributed by atoms with Crippen molar-refractivity contribution in [3.05, 3.63) is 88.3 Å². The number of furan rings is 1. The van der Waals surface area contributed by atoms with Crippen molar-refractivity contribution >= 4 is 27.5 Å². The Bertz CT molecular complexity index is 980. The van der Waals surface area contributed by atoms with Gasteiger partial charge in [0.1, 0.15) is 5.75 Å². The molecule has 6 heteroatoms. The Morgan fingerprint density at radius 2 is 1.85 bits per heavy atom. The molecule has 1 amide bonds. The molecule has 0 fully saturated rings. The Morgan fingerprint density at radius 1 is 1.11 bits per heavy atom. The predicted molar refractivity (Wildman–Crippen MR) is 106 cm³/mol. The van der Waals surface area contributed by atoms with Crippen LogP contribution in [-0.2, 0) is 0 Å². The van der Waals surface area contributed by atoms with E-state index in [0.717, 1.165) is 22.6 Å². The molecule has 0 saturated heterocycles. The first kappa shape index (κ1) is 17.5. The Hall–Kier alpha value is -2.86.